The van der Waals surface area contributed by atoms with Gasteiger partial charge in [-0.25, -0.2) is 0 Å². The van der Waals surface area contributed by atoms with Gasteiger partial charge < -0.3 is 15.8 Å². The van der Waals surface area contributed by atoms with Gasteiger partial charge in [0.25, 0.3) is 0 Å². The summed E-state index contributed by atoms with van der Waals surface area (Å²) in [6.07, 6.45) is 4.72. The van der Waals surface area contributed by atoms with Crippen LogP contribution in [0.25, 0.3) is 0 Å². The molecule has 1 amide bonds. The molecule has 0 fully saturated rings. The van der Waals surface area contributed by atoms with E-state index in [1.165, 1.54) is 19.3 Å². The highest BCUT2D eigenvalue weighted by Gasteiger charge is 2.12. The lowest BCUT2D eigenvalue weighted by Gasteiger charge is -2.14. The highest BCUT2D eigenvalue weighted by atomic mass is 16.5. The van der Waals surface area contributed by atoms with Crippen LogP contribution in [0.15, 0.2) is 0 Å². The van der Waals surface area contributed by atoms with Gasteiger partial charge in [0.1, 0.15) is 6.04 Å². The molecule has 0 aliphatic carbocycles. The SMILES string of the molecule is CCCCCCOCC(NCC)C(N)=O. The normalized spacial score (nSPS) is 12.7. The van der Waals surface area contributed by atoms with Crippen LogP contribution in [-0.4, -0.2) is 31.7 Å². The van der Waals surface area contributed by atoms with Gasteiger partial charge in [0.05, 0.1) is 6.61 Å². The second kappa shape index (κ2) is 9.93. The molecule has 0 rings (SSSR count). The van der Waals surface area contributed by atoms with Crippen LogP contribution in [0, 0.1) is 0 Å². The molecule has 0 saturated heterocycles. The van der Waals surface area contributed by atoms with Gasteiger partial charge in [-0.1, -0.05) is 33.1 Å². The smallest absolute Gasteiger partial charge is 0.236 e. The van der Waals surface area contributed by atoms with Crippen LogP contribution in [0.2, 0.25) is 0 Å². The minimum Gasteiger partial charge on any atom is -0.379 e. The molecule has 4 heteroatoms. The number of ether oxygens (including phenoxy) is 1. The predicted molar refractivity (Wildman–Crippen MR) is 61.6 cm³/mol. The monoisotopic (exact) mass is 216 g/mol. The third-order valence-corrected chi connectivity index (χ3v) is 2.22. The van der Waals surface area contributed by atoms with Gasteiger partial charge >= 0.3 is 0 Å². The van der Waals surface area contributed by atoms with E-state index in [2.05, 4.69) is 12.2 Å². The summed E-state index contributed by atoms with van der Waals surface area (Å²) in [5.74, 6) is -0.342. The number of hydrogen-bond donors (Lipinski definition) is 2. The second-order valence-corrected chi connectivity index (χ2v) is 3.65. The molecule has 0 bridgehead atoms. The number of carbonyl (C=O) groups is 1. The summed E-state index contributed by atoms with van der Waals surface area (Å²) in [6, 6.07) is -0.346. The maximum Gasteiger partial charge on any atom is 0.236 e. The number of likely N-dealkylation sites (N-methyl/N-ethyl adjacent to an activating group) is 1. The first-order valence-corrected chi connectivity index (χ1v) is 5.82. The van der Waals surface area contributed by atoms with Crippen LogP contribution in [0.4, 0.5) is 0 Å². The van der Waals surface area contributed by atoms with E-state index < -0.39 is 0 Å². The molecule has 0 saturated carbocycles. The first-order chi connectivity index (χ1) is 7.22. The Bertz CT molecular complexity index is 163. The van der Waals surface area contributed by atoms with Gasteiger partial charge in [0, 0.05) is 6.61 Å². The molecule has 0 spiro atoms. The zero-order valence-corrected chi connectivity index (χ0v) is 9.92. The standard InChI is InChI=1S/C11H24N2O2/c1-3-5-6-7-8-15-9-10(11(12)14)13-4-2/h10,13H,3-9H2,1-2H3,(H2,12,14). The van der Waals surface area contributed by atoms with Crippen molar-refractivity contribution in [2.24, 2.45) is 5.73 Å². The minimum absolute atomic E-state index is 0.342. The van der Waals surface area contributed by atoms with E-state index in [4.69, 9.17) is 10.5 Å². The van der Waals surface area contributed by atoms with Crippen LogP contribution in [-0.2, 0) is 9.53 Å². The lowest BCUT2D eigenvalue weighted by Crippen LogP contribution is -2.44. The molecule has 1 unspecified atom stereocenters. The zero-order chi connectivity index (χ0) is 11.5. The molecule has 0 aliphatic heterocycles. The number of rotatable bonds is 10. The molecule has 0 heterocycles. The Morgan fingerprint density at radius 1 is 1.33 bits per heavy atom. The summed E-state index contributed by atoms with van der Waals surface area (Å²) in [5, 5.41) is 2.98. The molecule has 0 aliphatic rings. The minimum atomic E-state index is -0.346. The predicted octanol–water partition coefficient (Wildman–Crippen LogP) is 1.05. The summed E-state index contributed by atoms with van der Waals surface area (Å²) in [6.45, 7) is 5.95. The van der Waals surface area contributed by atoms with E-state index in [-0.39, 0.29) is 11.9 Å². The van der Waals surface area contributed by atoms with Crippen molar-refractivity contribution >= 4 is 5.91 Å². The van der Waals surface area contributed by atoms with Crippen molar-refractivity contribution in [2.75, 3.05) is 19.8 Å². The summed E-state index contributed by atoms with van der Waals surface area (Å²) < 4.78 is 5.39. The van der Waals surface area contributed by atoms with E-state index in [1.807, 2.05) is 6.92 Å². The first-order valence-electron chi connectivity index (χ1n) is 5.82. The lowest BCUT2D eigenvalue weighted by atomic mass is 10.2. The largest absolute Gasteiger partial charge is 0.379 e. The maximum absolute atomic E-state index is 10.9. The highest BCUT2D eigenvalue weighted by Crippen LogP contribution is 1.99. The van der Waals surface area contributed by atoms with Gasteiger partial charge in [0.2, 0.25) is 5.91 Å². The van der Waals surface area contributed by atoms with Crippen molar-refractivity contribution in [3.05, 3.63) is 0 Å². The molecule has 0 aromatic carbocycles. The van der Waals surface area contributed by atoms with Crippen LogP contribution in [0.5, 0.6) is 0 Å². The summed E-state index contributed by atoms with van der Waals surface area (Å²) in [7, 11) is 0. The van der Waals surface area contributed by atoms with E-state index >= 15 is 0 Å². The average molecular weight is 216 g/mol. The summed E-state index contributed by atoms with van der Waals surface area (Å²) in [5.41, 5.74) is 5.20. The fourth-order valence-electron chi connectivity index (χ4n) is 1.32. The Balaban J connectivity index is 3.41. The molecule has 15 heavy (non-hydrogen) atoms. The summed E-state index contributed by atoms with van der Waals surface area (Å²) in [4.78, 5) is 10.9. The number of primary amides is 1. The van der Waals surface area contributed by atoms with E-state index in [9.17, 15) is 4.79 Å². The fraction of sp³-hybridized carbons (Fsp3) is 0.909. The molecule has 3 N–H and O–H groups in total. The molecule has 0 aromatic rings. The molecule has 4 nitrogen and oxygen atoms in total. The number of carbonyl (C=O) groups excluding carboxylic acids is 1. The topological polar surface area (TPSA) is 64.3 Å². The van der Waals surface area contributed by atoms with Crippen LogP contribution >= 0.6 is 0 Å². The van der Waals surface area contributed by atoms with E-state index in [0.29, 0.717) is 6.61 Å². The number of unbranched alkanes of at least 4 members (excludes halogenated alkanes) is 3. The van der Waals surface area contributed by atoms with Crippen LogP contribution < -0.4 is 11.1 Å². The van der Waals surface area contributed by atoms with Crippen molar-refractivity contribution in [3.8, 4) is 0 Å². The second-order valence-electron chi connectivity index (χ2n) is 3.65. The van der Waals surface area contributed by atoms with E-state index in [0.717, 1.165) is 19.6 Å². The van der Waals surface area contributed by atoms with Gasteiger partial charge in [-0.3, -0.25) is 4.79 Å². The Hall–Kier alpha value is -0.610. The van der Waals surface area contributed by atoms with Crippen molar-refractivity contribution in [2.45, 2.75) is 45.6 Å². The number of nitrogens with one attached hydrogen (secondary N) is 1. The third kappa shape index (κ3) is 8.39. The van der Waals surface area contributed by atoms with Gasteiger partial charge in [0.15, 0.2) is 0 Å². The first kappa shape index (κ1) is 14.4. The van der Waals surface area contributed by atoms with Crippen molar-refractivity contribution in [1.82, 2.24) is 5.32 Å². The number of amides is 1. The van der Waals surface area contributed by atoms with Gasteiger partial charge in [-0.2, -0.15) is 0 Å². The number of hydrogen-bond acceptors (Lipinski definition) is 3. The quantitative estimate of drug-likeness (QED) is 0.536. The van der Waals surface area contributed by atoms with Crippen molar-refractivity contribution in [1.29, 1.82) is 0 Å². The Kier molecular flexibility index (Phi) is 9.52. The fourth-order valence-corrected chi connectivity index (χ4v) is 1.32. The summed E-state index contributed by atoms with van der Waals surface area (Å²) >= 11 is 0. The zero-order valence-electron chi connectivity index (χ0n) is 9.92. The molecule has 90 valence electrons. The Morgan fingerprint density at radius 2 is 2.07 bits per heavy atom. The van der Waals surface area contributed by atoms with Crippen molar-refractivity contribution in [3.63, 3.8) is 0 Å². The molecule has 0 radical (unpaired) electrons. The number of nitrogens with two attached hydrogens (primary N) is 1. The molecular weight excluding hydrogens is 192 g/mol. The molecular formula is C11H24N2O2. The molecule has 0 aromatic heterocycles. The van der Waals surface area contributed by atoms with Crippen LogP contribution in [0.1, 0.15) is 39.5 Å². The van der Waals surface area contributed by atoms with Crippen LogP contribution in [0.3, 0.4) is 0 Å². The van der Waals surface area contributed by atoms with E-state index in [1.54, 1.807) is 0 Å². The van der Waals surface area contributed by atoms with Gasteiger partial charge in [-0.15, -0.1) is 0 Å². The third-order valence-electron chi connectivity index (χ3n) is 2.22. The average Bonchev–Trinajstić information content (AvgIpc) is 2.21. The highest BCUT2D eigenvalue weighted by molar-refractivity contribution is 5.79. The van der Waals surface area contributed by atoms with Gasteiger partial charge in [-0.05, 0) is 13.0 Å². The van der Waals surface area contributed by atoms with Crippen molar-refractivity contribution < 1.29 is 9.53 Å². The Labute approximate surface area is 92.6 Å². The lowest BCUT2D eigenvalue weighted by molar-refractivity contribution is -0.121. The maximum atomic E-state index is 10.9. The molecule has 1 atom stereocenters. The Morgan fingerprint density at radius 3 is 2.60 bits per heavy atom.